The number of benzene rings is 1. The topological polar surface area (TPSA) is 72.2 Å². The molecule has 2 rings (SSSR count). The summed E-state index contributed by atoms with van der Waals surface area (Å²) in [6.07, 6.45) is 4.11. The van der Waals surface area contributed by atoms with Crippen LogP contribution >= 0.6 is 0 Å². The fraction of sp³-hybridized carbons (Fsp3) is 0.538. The van der Waals surface area contributed by atoms with E-state index in [2.05, 4.69) is 4.72 Å². The van der Waals surface area contributed by atoms with Crippen LogP contribution in [0.3, 0.4) is 0 Å². The molecule has 0 aromatic heterocycles. The molecule has 3 N–H and O–H groups in total. The summed E-state index contributed by atoms with van der Waals surface area (Å²) in [4.78, 5) is -0.550. The van der Waals surface area contributed by atoms with E-state index in [-0.39, 0.29) is 13.1 Å². The van der Waals surface area contributed by atoms with Crippen molar-refractivity contribution >= 4 is 10.0 Å². The maximum atomic E-state index is 13.9. The van der Waals surface area contributed by atoms with E-state index in [1.165, 1.54) is 12.8 Å². The molecule has 0 spiro atoms. The largest absolute Gasteiger partial charge is 0.326 e. The van der Waals surface area contributed by atoms with Crippen molar-refractivity contribution in [2.75, 3.05) is 6.54 Å². The van der Waals surface area contributed by atoms with Gasteiger partial charge < -0.3 is 5.73 Å². The summed E-state index contributed by atoms with van der Waals surface area (Å²) in [7, 11) is -3.97. The molecule has 0 amide bonds. The van der Waals surface area contributed by atoms with Gasteiger partial charge in [0.05, 0.1) is 0 Å². The molecule has 7 heteroatoms. The van der Waals surface area contributed by atoms with Gasteiger partial charge in [0.25, 0.3) is 0 Å². The molecular weight excluding hydrogens is 286 g/mol. The highest BCUT2D eigenvalue weighted by atomic mass is 32.2. The Bertz CT molecular complexity index is 586. The summed E-state index contributed by atoms with van der Waals surface area (Å²) < 4.78 is 53.5. The molecule has 1 aliphatic rings. The average molecular weight is 304 g/mol. The lowest BCUT2D eigenvalue weighted by Gasteiger charge is -2.10. The zero-order valence-corrected chi connectivity index (χ0v) is 11.8. The van der Waals surface area contributed by atoms with Crippen LogP contribution in [-0.2, 0) is 16.6 Å². The van der Waals surface area contributed by atoms with Crippen LogP contribution in [0.2, 0.25) is 0 Å². The Morgan fingerprint density at radius 1 is 1.30 bits per heavy atom. The molecule has 112 valence electrons. The van der Waals surface area contributed by atoms with E-state index in [9.17, 15) is 17.2 Å². The molecule has 1 aliphatic carbocycles. The second-order valence-electron chi connectivity index (χ2n) is 5.03. The molecule has 0 bridgehead atoms. The number of rotatable bonds is 7. The third-order valence-corrected chi connectivity index (χ3v) is 4.90. The summed E-state index contributed by atoms with van der Waals surface area (Å²) in [6.45, 7) is -0.129. The van der Waals surface area contributed by atoms with Crippen LogP contribution < -0.4 is 10.5 Å². The van der Waals surface area contributed by atoms with Crippen LogP contribution in [0.15, 0.2) is 17.0 Å². The Labute approximate surface area is 117 Å². The zero-order chi connectivity index (χ0) is 14.8. The van der Waals surface area contributed by atoms with Crippen LogP contribution in [0, 0.1) is 17.6 Å². The Balaban J connectivity index is 2.07. The summed E-state index contributed by atoms with van der Waals surface area (Å²) in [6, 6.07) is 1.84. The van der Waals surface area contributed by atoms with Gasteiger partial charge in [-0.1, -0.05) is 12.8 Å². The van der Waals surface area contributed by atoms with Crippen LogP contribution in [0.5, 0.6) is 0 Å². The highest BCUT2D eigenvalue weighted by Crippen LogP contribution is 2.33. The third-order valence-electron chi connectivity index (χ3n) is 3.42. The fourth-order valence-corrected chi connectivity index (χ4v) is 3.23. The minimum atomic E-state index is -3.97. The van der Waals surface area contributed by atoms with Gasteiger partial charge in [0, 0.05) is 18.7 Å². The SMILES string of the molecule is NCc1c(F)ccc(S(=O)(=O)NCCCC2CC2)c1F. The van der Waals surface area contributed by atoms with Crippen molar-refractivity contribution < 1.29 is 17.2 Å². The summed E-state index contributed by atoms with van der Waals surface area (Å²) in [5.74, 6) is -1.23. The molecular formula is C13H18F2N2O2S. The van der Waals surface area contributed by atoms with Crippen LogP contribution in [0.25, 0.3) is 0 Å². The average Bonchev–Trinajstić information content (AvgIpc) is 3.19. The molecule has 1 aromatic carbocycles. The maximum absolute atomic E-state index is 13.9. The molecule has 1 aromatic rings. The Morgan fingerprint density at radius 3 is 2.60 bits per heavy atom. The van der Waals surface area contributed by atoms with Crippen molar-refractivity contribution in [3.8, 4) is 0 Å². The molecule has 0 atom stereocenters. The number of nitrogens with one attached hydrogen (secondary N) is 1. The molecule has 0 unspecified atom stereocenters. The van der Waals surface area contributed by atoms with Gasteiger partial charge in [-0.15, -0.1) is 0 Å². The van der Waals surface area contributed by atoms with Gasteiger partial charge >= 0.3 is 0 Å². The zero-order valence-electron chi connectivity index (χ0n) is 11.0. The summed E-state index contributed by atoms with van der Waals surface area (Å²) >= 11 is 0. The van der Waals surface area contributed by atoms with Gasteiger partial charge in [0.15, 0.2) is 5.82 Å². The summed E-state index contributed by atoms with van der Waals surface area (Å²) in [5.41, 5.74) is 4.82. The van der Waals surface area contributed by atoms with Crippen molar-refractivity contribution in [3.05, 3.63) is 29.3 Å². The molecule has 1 fully saturated rings. The van der Waals surface area contributed by atoms with E-state index in [4.69, 9.17) is 5.73 Å². The lowest BCUT2D eigenvalue weighted by molar-refractivity contribution is 0.524. The molecule has 0 aliphatic heterocycles. The second kappa shape index (κ2) is 6.15. The lowest BCUT2D eigenvalue weighted by Crippen LogP contribution is -2.26. The number of hydrogen-bond acceptors (Lipinski definition) is 3. The Kier molecular flexibility index (Phi) is 4.72. The van der Waals surface area contributed by atoms with Gasteiger partial charge in [0.1, 0.15) is 10.7 Å². The van der Waals surface area contributed by atoms with Crippen molar-refractivity contribution in [3.63, 3.8) is 0 Å². The highest BCUT2D eigenvalue weighted by Gasteiger charge is 2.24. The van der Waals surface area contributed by atoms with Crippen molar-refractivity contribution in [1.82, 2.24) is 4.72 Å². The molecule has 0 radical (unpaired) electrons. The van der Waals surface area contributed by atoms with Gasteiger partial charge in [-0.3, -0.25) is 0 Å². The van der Waals surface area contributed by atoms with Gasteiger partial charge in [-0.05, 0) is 30.9 Å². The van der Waals surface area contributed by atoms with E-state index in [0.717, 1.165) is 25.0 Å². The van der Waals surface area contributed by atoms with Crippen LogP contribution in [0.4, 0.5) is 8.78 Å². The van der Waals surface area contributed by atoms with Crippen molar-refractivity contribution in [2.45, 2.75) is 37.1 Å². The van der Waals surface area contributed by atoms with Gasteiger partial charge in [0.2, 0.25) is 10.0 Å². The number of hydrogen-bond donors (Lipinski definition) is 2. The normalized spacial score (nSPS) is 15.6. The Morgan fingerprint density at radius 2 is 2.00 bits per heavy atom. The molecule has 1 saturated carbocycles. The predicted molar refractivity (Wildman–Crippen MR) is 71.4 cm³/mol. The first kappa shape index (κ1) is 15.3. The van der Waals surface area contributed by atoms with E-state index < -0.39 is 32.1 Å². The first-order valence-electron chi connectivity index (χ1n) is 6.62. The predicted octanol–water partition coefficient (Wildman–Crippen LogP) is 1.89. The van der Waals surface area contributed by atoms with Crippen LogP contribution in [-0.4, -0.2) is 15.0 Å². The first-order valence-corrected chi connectivity index (χ1v) is 8.10. The minimum absolute atomic E-state index is 0.258. The van der Waals surface area contributed by atoms with E-state index >= 15 is 0 Å². The third kappa shape index (κ3) is 3.53. The van der Waals surface area contributed by atoms with E-state index in [1.807, 2.05) is 0 Å². The monoisotopic (exact) mass is 304 g/mol. The maximum Gasteiger partial charge on any atom is 0.243 e. The molecule has 20 heavy (non-hydrogen) atoms. The Hall–Kier alpha value is -1.05. The highest BCUT2D eigenvalue weighted by molar-refractivity contribution is 7.89. The lowest BCUT2D eigenvalue weighted by atomic mass is 10.2. The standard InChI is InChI=1S/C13H18F2N2O2S/c14-11-5-6-12(13(15)10(11)8-16)20(18,19)17-7-1-2-9-3-4-9/h5-6,9,17H,1-4,7-8,16H2. The quantitative estimate of drug-likeness (QED) is 0.756. The number of halogens is 2. The molecule has 0 heterocycles. The smallest absolute Gasteiger partial charge is 0.243 e. The van der Waals surface area contributed by atoms with Crippen LogP contribution in [0.1, 0.15) is 31.2 Å². The number of nitrogens with two attached hydrogens (primary N) is 1. The summed E-state index contributed by atoms with van der Waals surface area (Å²) in [5, 5.41) is 0. The van der Waals surface area contributed by atoms with Gasteiger partial charge in [-0.25, -0.2) is 21.9 Å². The fourth-order valence-electron chi connectivity index (χ4n) is 2.05. The molecule has 4 nitrogen and oxygen atoms in total. The number of sulfonamides is 1. The van der Waals surface area contributed by atoms with Crippen molar-refractivity contribution in [1.29, 1.82) is 0 Å². The van der Waals surface area contributed by atoms with Crippen molar-refractivity contribution in [2.24, 2.45) is 11.7 Å². The molecule has 0 saturated heterocycles. The first-order chi connectivity index (χ1) is 9.45. The van der Waals surface area contributed by atoms with E-state index in [1.54, 1.807) is 0 Å². The van der Waals surface area contributed by atoms with Gasteiger partial charge in [-0.2, -0.15) is 0 Å². The van der Waals surface area contributed by atoms with E-state index in [0.29, 0.717) is 5.92 Å². The second-order valence-corrected chi connectivity index (χ2v) is 6.76. The minimum Gasteiger partial charge on any atom is -0.326 e.